The number of aryl methyl sites for hydroxylation is 1. The van der Waals surface area contributed by atoms with Crippen molar-refractivity contribution in [3.05, 3.63) is 52.9 Å². The van der Waals surface area contributed by atoms with Crippen molar-refractivity contribution in [1.29, 1.82) is 0 Å². The Kier molecular flexibility index (Phi) is 5.94. The Labute approximate surface area is 159 Å². The van der Waals surface area contributed by atoms with Gasteiger partial charge in [-0.3, -0.25) is 9.59 Å². The zero-order chi connectivity index (χ0) is 19.4. The third kappa shape index (κ3) is 5.42. The van der Waals surface area contributed by atoms with E-state index in [1.54, 1.807) is 6.07 Å². The molecule has 0 spiro atoms. The van der Waals surface area contributed by atoms with Crippen LogP contribution >= 0.6 is 0 Å². The van der Waals surface area contributed by atoms with Gasteiger partial charge in [0.15, 0.2) is 11.5 Å². The van der Waals surface area contributed by atoms with Crippen molar-refractivity contribution < 1.29 is 14.1 Å². The molecule has 1 saturated carbocycles. The fourth-order valence-electron chi connectivity index (χ4n) is 2.92. The first-order chi connectivity index (χ1) is 12.9. The maximum Gasteiger partial charge on any atom is 0.273 e. The quantitative estimate of drug-likeness (QED) is 0.775. The average Bonchev–Trinajstić information content (AvgIpc) is 3.38. The van der Waals surface area contributed by atoms with Gasteiger partial charge < -0.3 is 14.7 Å². The Morgan fingerprint density at radius 1 is 1.26 bits per heavy atom. The Morgan fingerprint density at radius 3 is 2.59 bits per heavy atom. The molecule has 3 rings (SSSR count). The molecule has 1 heterocycles. The first kappa shape index (κ1) is 19.1. The molecule has 2 amide bonds. The molecule has 6 heteroatoms. The number of rotatable bonds is 8. The number of amides is 2. The van der Waals surface area contributed by atoms with Crippen LogP contribution in [0.1, 0.15) is 54.1 Å². The van der Waals surface area contributed by atoms with Gasteiger partial charge in [-0.1, -0.05) is 48.8 Å². The first-order valence-corrected chi connectivity index (χ1v) is 9.50. The zero-order valence-corrected chi connectivity index (χ0v) is 16.2. The third-order valence-electron chi connectivity index (χ3n) is 4.54. The number of nitrogens with one attached hydrogen (secondary N) is 1. The van der Waals surface area contributed by atoms with Crippen LogP contribution in [0.2, 0.25) is 0 Å². The predicted molar refractivity (Wildman–Crippen MR) is 102 cm³/mol. The van der Waals surface area contributed by atoms with Gasteiger partial charge in [-0.2, -0.15) is 0 Å². The Hall–Kier alpha value is -2.63. The van der Waals surface area contributed by atoms with Gasteiger partial charge in [0.25, 0.3) is 5.91 Å². The van der Waals surface area contributed by atoms with Crippen LogP contribution in [0, 0.1) is 18.8 Å². The van der Waals surface area contributed by atoms with E-state index in [4.69, 9.17) is 4.52 Å². The van der Waals surface area contributed by atoms with Crippen LogP contribution in [-0.2, 0) is 17.9 Å². The molecule has 1 fully saturated rings. The van der Waals surface area contributed by atoms with Crippen molar-refractivity contribution in [3.8, 4) is 0 Å². The van der Waals surface area contributed by atoms with Crippen LogP contribution in [0.3, 0.4) is 0 Å². The van der Waals surface area contributed by atoms with Gasteiger partial charge in [0.1, 0.15) is 0 Å². The average molecular weight is 369 g/mol. The van der Waals surface area contributed by atoms with E-state index >= 15 is 0 Å². The molecule has 0 unspecified atom stereocenters. The van der Waals surface area contributed by atoms with E-state index in [1.807, 2.05) is 36.1 Å². The van der Waals surface area contributed by atoms with E-state index in [9.17, 15) is 9.59 Å². The van der Waals surface area contributed by atoms with Gasteiger partial charge >= 0.3 is 0 Å². The summed E-state index contributed by atoms with van der Waals surface area (Å²) in [7, 11) is 0. The number of aromatic nitrogens is 1. The normalized spacial score (nSPS) is 13.6. The molecule has 6 nitrogen and oxygen atoms in total. The number of carbonyl (C=O) groups is 2. The number of benzene rings is 1. The summed E-state index contributed by atoms with van der Waals surface area (Å²) in [5.74, 6) is 0.946. The Morgan fingerprint density at radius 2 is 1.96 bits per heavy atom. The van der Waals surface area contributed by atoms with Crippen molar-refractivity contribution in [1.82, 2.24) is 15.4 Å². The summed E-state index contributed by atoms with van der Waals surface area (Å²) >= 11 is 0. The largest absolute Gasteiger partial charge is 0.359 e. The molecule has 1 aliphatic rings. The maximum absolute atomic E-state index is 12.5. The monoisotopic (exact) mass is 369 g/mol. The minimum absolute atomic E-state index is 0.156. The van der Waals surface area contributed by atoms with E-state index in [-0.39, 0.29) is 23.4 Å². The van der Waals surface area contributed by atoms with Crippen molar-refractivity contribution in [2.45, 2.75) is 46.7 Å². The van der Waals surface area contributed by atoms with Crippen molar-refractivity contribution in [2.75, 3.05) is 6.54 Å². The minimum Gasteiger partial charge on any atom is -0.359 e. The molecule has 144 valence electrons. The Balaban J connectivity index is 1.58. The minimum atomic E-state index is -0.283. The molecular formula is C21H27N3O3. The lowest BCUT2D eigenvalue weighted by Crippen LogP contribution is -2.34. The van der Waals surface area contributed by atoms with E-state index in [1.165, 1.54) is 5.56 Å². The predicted octanol–water partition coefficient (Wildman–Crippen LogP) is 3.31. The van der Waals surface area contributed by atoms with Crippen LogP contribution in [0.4, 0.5) is 0 Å². The second-order valence-electron chi connectivity index (χ2n) is 7.73. The number of nitrogens with zero attached hydrogens (tertiary/aromatic N) is 2. The standard InChI is InChI=1S/C21H27N3O3/c1-14(2)12-24(21(26)17-8-9-17)13-18-10-19(23-27-18)20(25)22-11-16-6-4-15(3)5-7-16/h4-7,10,14,17H,8-9,11-13H2,1-3H3,(H,22,25). The van der Waals surface area contributed by atoms with Gasteiger partial charge in [0.2, 0.25) is 5.91 Å². The first-order valence-electron chi connectivity index (χ1n) is 9.50. The second kappa shape index (κ2) is 8.37. The van der Waals surface area contributed by atoms with Gasteiger partial charge in [-0.25, -0.2) is 0 Å². The highest BCUT2D eigenvalue weighted by Gasteiger charge is 2.34. The summed E-state index contributed by atoms with van der Waals surface area (Å²) in [6.45, 7) is 7.64. The van der Waals surface area contributed by atoms with Crippen LogP contribution in [0.15, 0.2) is 34.9 Å². The molecule has 0 radical (unpaired) electrons. The number of hydrogen-bond donors (Lipinski definition) is 1. The molecule has 2 aromatic rings. The third-order valence-corrected chi connectivity index (χ3v) is 4.54. The lowest BCUT2D eigenvalue weighted by atomic mass is 10.1. The zero-order valence-electron chi connectivity index (χ0n) is 16.2. The van der Waals surface area contributed by atoms with E-state index in [0.29, 0.717) is 31.3 Å². The lowest BCUT2D eigenvalue weighted by Gasteiger charge is -2.23. The highest BCUT2D eigenvalue weighted by Crippen LogP contribution is 2.31. The van der Waals surface area contributed by atoms with Crippen molar-refractivity contribution in [2.24, 2.45) is 11.8 Å². The van der Waals surface area contributed by atoms with Crippen molar-refractivity contribution >= 4 is 11.8 Å². The molecule has 0 aliphatic heterocycles. The molecule has 0 bridgehead atoms. The van der Waals surface area contributed by atoms with E-state index < -0.39 is 0 Å². The number of carbonyl (C=O) groups excluding carboxylic acids is 2. The van der Waals surface area contributed by atoms with Gasteiger partial charge in [-0.15, -0.1) is 0 Å². The molecule has 1 aromatic carbocycles. The number of hydrogen-bond acceptors (Lipinski definition) is 4. The van der Waals surface area contributed by atoms with Crippen LogP contribution in [-0.4, -0.2) is 28.4 Å². The summed E-state index contributed by atoms with van der Waals surface area (Å²) in [6, 6.07) is 9.61. The van der Waals surface area contributed by atoms with Gasteiger partial charge in [0.05, 0.1) is 6.54 Å². The lowest BCUT2D eigenvalue weighted by molar-refractivity contribution is -0.134. The molecule has 0 saturated heterocycles. The molecule has 0 atom stereocenters. The molecular weight excluding hydrogens is 342 g/mol. The summed E-state index contributed by atoms with van der Waals surface area (Å²) in [5.41, 5.74) is 2.44. The molecule has 27 heavy (non-hydrogen) atoms. The fourth-order valence-corrected chi connectivity index (χ4v) is 2.92. The highest BCUT2D eigenvalue weighted by atomic mass is 16.5. The summed E-state index contributed by atoms with van der Waals surface area (Å²) < 4.78 is 5.31. The second-order valence-corrected chi connectivity index (χ2v) is 7.73. The smallest absolute Gasteiger partial charge is 0.273 e. The van der Waals surface area contributed by atoms with Crippen LogP contribution in [0.5, 0.6) is 0 Å². The molecule has 1 aromatic heterocycles. The van der Waals surface area contributed by atoms with E-state index in [0.717, 1.165) is 18.4 Å². The maximum atomic E-state index is 12.5. The summed E-state index contributed by atoms with van der Waals surface area (Å²) in [4.78, 5) is 26.6. The topological polar surface area (TPSA) is 75.4 Å². The highest BCUT2D eigenvalue weighted by molar-refractivity contribution is 5.92. The molecule has 1 N–H and O–H groups in total. The fraction of sp³-hybridized carbons (Fsp3) is 0.476. The SMILES string of the molecule is Cc1ccc(CNC(=O)c2cc(CN(CC(C)C)C(=O)C3CC3)on2)cc1. The van der Waals surface area contributed by atoms with Crippen molar-refractivity contribution in [3.63, 3.8) is 0 Å². The van der Waals surface area contributed by atoms with Crippen LogP contribution < -0.4 is 5.32 Å². The van der Waals surface area contributed by atoms with E-state index in [2.05, 4.69) is 24.3 Å². The van der Waals surface area contributed by atoms with Gasteiger partial charge in [0, 0.05) is 25.1 Å². The summed E-state index contributed by atoms with van der Waals surface area (Å²) in [5, 5.41) is 6.71. The summed E-state index contributed by atoms with van der Waals surface area (Å²) in [6.07, 6.45) is 1.94. The van der Waals surface area contributed by atoms with Crippen LogP contribution in [0.25, 0.3) is 0 Å². The van der Waals surface area contributed by atoms with Gasteiger partial charge in [-0.05, 0) is 31.2 Å². The molecule has 1 aliphatic carbocycles. The Bertz CT molecular complexity index is 791.